The standard InChI is InChI=1S/C24H21BrN2O/c1-16-5-7-18(8-6-16)23-15-22-21(4-3-13-26-22)24(14-17(2)28)27(23)20-11-9-19(25)10-12-20/h3-13,15,24H,14H2,1-2H3. The van der Waals surface area contributed by atoms with Gasteiger partial charge < -0.3 is 4.90 Å². The van der Waals surface area contributed by atoms with Gasteiger partial charge in [0.15, 0.2) is 0 Å². The second-order valence-corrected chi connectivity index (χ2v) is 8.06. The highest BCUT2D eigenvalue weighted by Gasteiger charge is 2.31. The van der Waals surface area contributed by atoms with Crippen molar-refractivity contribution in [2.45, 2.75) is 26.3 Å². The van der Waals surface area contributed by atoms with Gasteiger partial charge in [-0.25, -0.2) is 0 Å². The lowest BCUT2D eigenvalue weighted by atomic mass is 9.91. The van der Waals surface area contributed by atoms with E-state index in [9.17, 15) is 4.79 Å². The minimum atomic E-state index is -0.0938. The molecule has 0 radical (unpaired) electrons. The number of anilines is 1. The van der Waals surface area contributed by atoms with Gasteiger partial charge in [-0.15, -0.1) is 0 Å². The zero-order chi connectivity index (χ0) is 19.7. The van der Waals surface area contributed by atoms with E-state index in [0.717, 1.165) is 32.7 Å². The predicted octanol–water partition coefficient (Wildman–Crippen LogP) is 6.19. The number of fused-ring (bicyclic) bond motifs is 1. The van der Waals surface area contributed by atoms with Crippen LogP contribution < -0.4 is 4.90 Å². The molecule has 2 heterocycles. The van der Waals surface area contributed by atoms with Crippen molar-refractivity contribution in [3.63, 3.8) is 0 Å². The molecule has 3 nitrogen and oxygen atoms in total. The van der Waals surface area contributed by atoms with E-state index in [1.807, 2.05) is 24.4 Å². The first-order valence-corrected chi connectivity index (χ1v) is 10.1. The predicted molar refractivity (Wildman–Crippen MR) is 118 cm³/mol. The summed E-state index contributed by atoms with van der Waals surface area (Å²) in [4.78, 5) is 19.0. The second-order valence-electron chi connectivity index (χ2n) is 7.14. The maximum atomic E-state index is 12.2. The van der Waals surface area contributed by atoms with E-state index < -0.39 is 0 Å². The molecule has 3 aromatic rings. The summed E-state index contributed by atoms with van der Waals surface area (Å²) in [6, 6.07) is 20.6. The third kappa shape index (κ3) is 3.65. The van der Waals surface area contributed by atoms with Crippen molar-refractivity contribution in [3.8, 4) is 0 Å². The van der Waals surface area contributed by atoms with Crippen LogP contribution in [0.25, 0.3) is 11.8 Å². The largest absolute Gasteiger partial charge is 0.333 e. The van der Waals surface area contributed by atoms with Crippen LogP contribution in [0.15, 0.2) is 71.3 Å². The first kappa shape index (κ1) is 18.6. The minimum absolute atomic E-state index is 0.0938. The number of hydrogen-bond acceptors (Lipinski definition) is 3. The minimum Gasteiger partial charge on any atom is -0.333 e. The molecule has 0 saturated carbocycles. The topological polar surface area (TPSA) is 33.2 Å². The zero-order valence-electron chi connectivity index (χ0n) is 15.9. The molecule has 0 fully saturated rings. The molecule has 0 aliphatic carbocycles. The van der Waals surface area contributed by atoms with Crippen LogP contribution in [-0.4, -0.2) is 10.8 Å². The van der Waals surface area contributed by atoms with E-state index in [-0.39, 0.29) is 11.8 Å². The zero-order valence-corrected chi connectivity index (χ0v) is 17.5. The average Bonchev–Trinajstić information content (AvgIpc) is 2.69. The maximum absolute atomic E-state index is 12.2. The number of rotatable bonds is 4. The van der Waals surface area contributed by atoms with Crippen LogP contribution in [0.5, 0.6) is 0 Å². The molecule has 2 aromatic carbocycles. The Balaban J connectivity index is 1.93. The normalized spacial score (nSPS) is 15.8. The monoisotopic (exact) mass is 432 g/mol. The van der Waals surface area contributed by atoms with Gasteiger partial charge in [-0.1, -0.05) is 51.8 Å². The van der Waals surface area contributed by atoms with Crippen molar-refractivity contribution in [1.82, 2.24) is 4.98 Å². The Bertz CT molecular complexity index is 1040. The van der Waals surface area contributed by atoms with Crippen molar-refractivity contribution in [1.29, 1.82) is 0 Å². The number of aryl methyl sites for hydroxylation is 1. The van der Waals surface area contributed by atoms with Crippen molar-refractivity contribution in [2.24, 2.45) is 0 Å². The van der Waals surface area contributed by atoms with Crippen LogP contribution in [0.2, 0.25) is 0 Å². The van der Waals surface area contributed by atoms with Gasteiger partial charge in [0, 0.05) is 28.3 Å². The van der Waals surface area contributed by atoms with Crippen molar-refractivity contribution < 1.29 is 4.79 Å². The summed E-state index contributed by atoms with van der Waals surface area (Å²) in [5.41, 5.74) is 6.44. The van der Waals surface area contributed by atoms with Crippen LogP contribution in [-0.2, 0) is 4.79 Å². The Hall–Kier alpha value is -2.72. The summed E-state index contributed by atoms with van der Waals surface area (Å²) in [5, 5.41) is 0. The molecule has 1 atom stereocenters. The highest BCUT2D eigenvalue weighted by molar-refractivity contribution is 9.10. The summed E-state index contributed by atoms with van der Waals surface area (Å²) in [7, 11) is 0. The van der Waals surface area contributed by atoms with E-state index in [1.54, 1.807) is 6.92 Å². The van der Waals surface area contributed by atoms with Crippen molar-refractivity contribution >= 4 is 39.2 Å². The summed E-state index contributed by atoms with van der Waals surface area (Å²) in [6.07, 6.45) is 4.36. The molecule has 140 valence electrons. The maximum Gasteiger partial charge on any atom is 0.132 e. The lowest BCUT2D eigenvalue weighted by Gasteiger charge is -2.39. The SMILES string of the molecule is CC(=O)CC1c2cccnc2C=C(c2ccc(C)cc2)N1c1ccc(Br)cc1. The molecule has 1 aliphatic heterocycles. The fourth-order valence-corrected chi connectivity index (χ4v) is 3.94. The van der Waals surface area contributed by atoms with Crippen molar-refractivity contribution in [3.05, 3.63) is 93.7 Å². The number of pyridine rings is 1. The average molecular weight is 433 g/mol. The molecular formula is C24H21BrN2O. The Labute approximate surface area is 173 Å². The van der Waals surface area contributed by atoms with Gasteiger partial charge >= 0.3 is 0 Å². The molecule has 0 N–H and O–H groups in total. The Morgan fingerprint density at radius 3 is 2.46 bits per heavy atom. The van der Waals surface area contributed by atoms with Gasteiger partial charge in [0.2, 0.25) is 0 Å². The van der Waals surface area contributed by atoms with Crippen molar-refractivity contribution in [2.75, 3.05) is 4.90 Å². The van der Waals surface area contributed by atoms with E-state index in [2.05, 4.69) is 81.3 Å². The van der Waals surface area contributed by atoms with E-state index in [1.165, 1.54) is 5.56 Å². The lowest BCUT2D eigenvalue weighted by molar-refractivity contribution is -0.117. The van der Waals surface area contributed by atoms with Crippen LogP contribution in [0.4, 0.5) is 5.69 Å². The van der Waals surface area contributed by atoms with E-state index >= 15 is 0 Å². The Morgan fingerprint density at radius 1 is 1.07 bits per heavy atom. The summed E-state index contributed by atoms with van der Waals surface area (Å²) in [6.45, 7) is 3.74. The molecule has 0 amide bonds. The molecule has 1 aromatic heterocycles. The molecule has 1 aliphatic rings. The van der Waals surface area contributed by atoms with Gasteiger partial charge in [-0.3, -0.25) is 9.78 Å². The van der Waals surface area contributed by atoms with E-state index in [0.29, 0.717) is 6.42 Å². The summed E-state index contributed by atoms with van der Waals surface area (Å²) in [5.74, 6) is 0.159. The number of nitrogens with zero attached hydrogens (tertiary/aromatic N) is 2. The van der Waals surface area contributed by atoms with E-state index in [4.69, 9.17) is 0 Å². The third-order valence-electron chi connectivity index (χ3n) is 5.01. The van der Waals surface area contributed by atoms with Gasteiger partial charge in [0.05, 0.1) is 17.4 Å². The van der Waals surface area contributed by atoms with Crippen LogP contribution >= 0.6 is 15.9 Å². The number of Topliss-reactive ketones (excluding diaryl/α,β-unsaturated/α-hetero) is 1. The Kier molecular flexibility index (Phi) is 5.14. The van der Waals surface area contributed by atoms with Crippen LogP contribution in [0.1, 0.15) is 41.8 Å². The highest BCUT2D eigenvalue weighted by atomic mass is 79.9. The molecule has 1 unspecified atom stereocenters. The second kappa shape index (κ2) is 7.72. The van der Waals surface area contributed by atoms with Crippen LogP contribution in [0.3, 0.4) is 0 Å². The lowest BCUT2D eigenvalue weighted by Crippen LogP contribution is -2.32. The smallest absolute Gasteiger partial charge is 0.132 e. The molecular weight excluding hydrogens is 412 g/mol. The molecule has 0 spiro atoms. The first-order valence-electron chi connectivity index (χ1n) is 9.31. The number of carbonyl (C=O) groups is 1. The molecule has 4 heteroatoms. The number of aromatic nitrogens is 1. The molecule has 0 bridgehead atoms. The summed E-state index contributed by atoms with van der Waals surface area (Å²) >= 11 is 3.52. The number of halogens is 1. The number of hydrogen-bond donors (Lipinski definition) is 0. The third-order valence-corrected chi connectivity index (χ3v) is 5.54. The number of benzene rings is 2. The van der Waals surface area contributed by atoms with Gasteiger partial charge in [0.25, 0.3) is 0 Å². The molecule has 28 heavy (non-hydrogen) atoms. The molecule has 4 rings (SSSR count). The quantitative estimate of drug-likeness (QED) is 0.492. The number of ketones is 1. The summed E-state index contributed by atoms with van der Waals surface area (Å²) < 4.78 is 1.03. The number of carbonyl (C=O) groups excluding carboxylic acids is 1. The highest BCUT2D eigenvalue weighted by Crippen LogP contribution is 2.43. The van der Waals surface area contributed by atoms with Gasteiger partial charge in [-0.2, -0.15) is 0 Å². The molecule has 0 saturated heterocycles. The van der Waals surface area contributed by atoms with Gasteiger partial charge in [0.1, 0.15) is 5.78 Å². The first-order chi connectivity index (χ1) is 13.5. The van der Waals surface area contributed by atoms with Gasteiger partial charge in [-0.05, 0) is 55.8 Å². The fraction of sp³-hybridized carbons (Fsp3) is 0.167. The Morgan fingerprint density at radius 2 is 1.79 bits per heavy atom. The van der Waals surface area contributed by atoms with Crippen LogP contribution in [0, 0.1) is 6.92 Å². The fourth-order valence-electron chi connectivity index (χ4n) is 3.68.